The molecule has 1 unspecified atom stereocenters. The van der Waals surface area contributed by atoms with E-state index in [9.17, 15) is 5.11 Å². The molecule has 0 aliphatic rings. The molecule has 1 N–H and O–H groups in total. The predicted octanol–water partition coefficient (Wildman–Crippen LogP) is 3.39. The van der Waals surface area contributed by atoms with Crippen LogP contribution in [-0.2, 0) is 0 Å². The lowest BCUT2D eigenvalue weighted by Crippen LogP contribution is -2.02. The molecule has 0 spiro atoms. The second kappa shape index (κ2) is 4.81. The topological polar surface area (TPSA) is 20.2 Å². The highest BCUT2D eigenvalue weighted by molar-refractivity contribution is 6.18. The molecular weight excluding hydrogens is 196 g/mol. The number of rotatable bonds is 3. The molecule has 1 aromatic carbocycles. The number of aliphatic hydroxyl groups is 1. The summed E-state index contributed by atoms with van der Waals surface area (Å²) in [5.41, 5.74) is 3.29. The molecule has 0 aliphatic heterocycles. The molecular formula is C12H17ClO. The molecule has 2 heteroatoms. The second-order valence-corrected chi connectivity index (χ2v) is 4.25. The molecule has 0 bridgehead atoms. The largest absolute Gasteiger partial charge is 0.387 e. The standard InChI is InChI=1S/C12H17ClO/c1-8(2)10-5-4-9(3)11(6-10)12(14)7-13/h4-6,8,12,14H,7H2,1-3H3. The van der Waals surface area contributed by atoms with Gasteiger partial charge in [-0.1, -0.05) is 32.0 Å². The zero-order valence-electron chi connectivity index (χ0n) is 8.92. The van der Waals surface area contributed by atoms with Gasteiger partial charge in [0, 0.05) is 0 Å². The molecule has 0 aromatic heterocycles. The van der Waals surface area contributed by atoms with Gasteiger partial charge in [-0.3, -0.25) is 0 Å². The summed E-state index contributed by atoms with van der Waals surface area (Å²) in [5, 5.41) is 9.68. The van der Waals surface area contributed by atoms with E-state index in [0.717, 1.165) is 11.1 Å². The molecule has 1 atom stereocenters. The number of hydrogen-bond acceptors (Lipinski definition) is 1. The first-order valence-electron chi connectivity index (χ1n) is 4.90. The Morgan fingerprint density at radius 2 is 2.00 bits per heavy atom. The maximum atomic E-state index is 9.68. The van der Waals surface area contributed by atoms with Crippen molar-refractivity contribution in [1.29, 1.82) is 0 Å². The van der Waals surface area contributed by atoms with E-state index in [0.29, 0.717) is 5.92 Å². The van der Waals surface area contributed by atoms with Crippen molar-refractivity contribution in [3.05, 3.63) is 34.9 Å². The molecule has 78 valence electrons. The van der Waals surface area contributed by atoms with Crippen molar-refractivity contribution < 1.29 is 5.11 Å². The minimum absolute atomic E-state index is 0.252. The molecule has 0 aliphatic carbocycles. The Balaban J connectivity index is 3.08. The smallest absolute Gasteiger partial charge is 0.0927 e. The highest BCUT2D eigenvalue weighted by Gasteiger charge is 2.10. The van der Waals surface area contributed by atoms with Crippen molar-refractivity contribution in [3.63, 3.8) is 0 Å². The van der Waals surface area contributed by atoms with Gasteiger partial charge in [-0.15, -0.1) is 11.6 Å². The van der Waals surface area contributed by atoms with E-state index in [-0.39, 0.29) is 5.88 Å². The van der Waals surface area contributed by atoms with Gasteiger partial charge in [-0.05, 0) is 29.5 Å². The number of hydrogen-bond donors (Lipinski definition) is 1. The maximum absolute atomic E-state index is 9.68. The molecule has 0 fully saturated rings. The van der Waals surface area contributed by atoms with Crippen molar-refractivity contribution in [3.8, 4) is 0 Å². The second-order valence-electron chi connectivity index (χ2n) is 3.94. The van der Waals surface area contributed by atoms with Crippen molar-refractivity contribution >= 4 is 11.6 Å². The van der Waals surface area contributed by atoms with Crippen molar-refractivity contribution in [2.24, 2.45) is 0 Å². The minimum atomic E-state index is -0.546. The third kappa shape index (κ3) is 2.49. The summed E-state index contributed by atoms with van der Waals surface area (Å²) in [6.45, 7) is 6.28. The van der Waals surface area contributed by atoms with Crippen molar-refractivity contribution in [1.82, 2.24) is 0 Å². The van der Waals surface area contributed by atoms with E-state index >= 15 is 0 Å². The minimum Gasteiger partial charge on any atom is -0.387 e. The number of benzene rings is 1. The first kappa shape index (κ1) is 11.5. The number of aliphatic hydroxyl groups excluding tert-OH is 1. The Morgan fingerprint density at radius 1 is 1.36 bits per heavy atom. The monoisotopic (exact) mass is 212 g/mol. The Kier molecular flexibility index (Phi) is 3.97. The fourth-order valence-corrected chi connectivity index (χ4v) is 1.63. The predicted molar refractivity (Wildman–Crippen MR) is 60.9 cm³/mol. The van der Waals surface area contributed by atoms with Crippen molar-refractivity contribution in [2.75, 3.05) is 5.88 Å². The van der Waals surface area contributed by atoms with Crippen LogP contribution in [0, 0.1) is 6.92 Å². The summed E-state index contributed by atoms with van der Waals surface area (Å²) >= 11 is 5.64. The molecule has 1 rings (SSSR count). The highest BCUT2D eigenvalue weighted by Crippen LogP contribution is 2.24. The van der Waals surface area contributed by atoms with Crippen LogP contribution in [0.5, 0.6) is 0 Å². The lowest BCUT2D eigenvalue weighted by Gasteiger charge is -2.14. The molecule has 1 nitrogen and oxygen atoms in total. The van der Waals surface area contributed by atoms with Gasteiger partial charge in [0.15, 0.2) is 0 Å². The first-order valence-corrected chi connectivity index (χ1v) is 5.44. The molecule has 0 saturated carbocycles. The summed E-state index contributed by atoms with van der Waals surface area (Å²) in [6.07, 6.45) is -0.546. The van der Waals surface area contributed by atoms with Gasteiger partial charge >= 0.3 is 0 Å². The molecule has 0 amide bonds. The van der Waals surface area contributed by atoms with Gasteiger partial charge in [0.25, 0.3) is 0 Å². The van der Waals surface area contributed by atoms with Crippen LogP contribution in [0.1, 0.15) is 42.6 Å². The van der Waals surface area contributed by atoms with Crippen LogP contribution in [0.3, 0.4) is 0 Å². The molecule has 0 heterocycles. The molecule has 1 aromatic rings. The summed E-state index contributed by atoms with van der Waals surface area (Å²) in [7, 11) is 0. The summed E-state index contributed by atoms with van der Waals surface area (Å²) in [6, 6.07) is 6.19. The third-order valence-electron chi connectivity index (χ3n) is 2.48. The van der Waals surface area contributed by atoms with Gasteiger partial charge in [-0.2, -0.15) is 0 Å². The zero-order valence-corrected chi connectivity index (χ0v) is 9.67. The lowest BCUT2D eigenvalue weighted by molar-refractivity contribution is 0.202. The summed E-state index contributed by atoms with van der Waals surface area (Å²) in [4.78, 5) is 0. The zero-order chi connectivity index (χ0) is 10.7. The summed E-state index contributed by atoms with van der Waals surface area (Å²) < 4.78 is 0. The van der Waals surface area contributed by atoms with Crippen molar-refractivity contribution in [2.45, 2.75) is 32.8 Å². The Morgan fingerprint density at radius 3 is 2.50 bits per heavy atom. The van der Waals surface area contributed by atoms with Gasteiger partial charge in [0.1, 0.15) is 0 Å². The van der Waals surface area contributed by atoms with Crippen LogP contribution in [0.15, 0.2) is 18.2 Å². The van der Waals surface area contributed by atoms with E-state index in [1.165, 1.54) is 5.56 Å². The van der Waals surface area contributed by atoms with Gasteiger partial charge in [-0.25, -0.2) is 0 Å². The summed E-state index contributed by atoms with van der Waals surface area (Å²) in [5.74, 6) is 0.736. The Bertz CT molecular complexity index is 307. The number of alkyl halides is 1. The Labute approximate surface area is 90.7 Å². The first-order chi connectivity index (χ1) is 6.56. The van der Waals surface area contributed by atoms with Gasteiger partial charge in [0.05, 0.1) is 12.0 Å². The van der Waals surface area contributed by atoms with Crippen LogP contribution >= 0.6 is 11.6 Å². The molecule has 0 saturated heterocycles. The molecule has 0 radical (unpaired) electrons. The number of aryl methyl sites for hydroxylation is 1. The SMILES string of the molecule is Cc1ccc(C(C)C)cc1C(O)CCl. The fraction of sp³-hybridized carbons (Fsp3) is 0.500. The third-order valence-corrected chi connectivity index (χ3v) is 2.77. The van der Waals surface area contributed by atoms with E-state index in [1.807, 2.05) is 19.1 Å². The van der Waals surface area contributed by atoms with E-state index in [4.69, 9.17) is 11.6 Å². The maximum Gasteiger partial charge on any atom is 0.0927 e. The van der Waals surface area contributed by atoms with Crippen LogP contribution < -0.4 is 0 Å². The van der Waals surface area contributed by atoms with Crippen LogP contribution in [-0.4, -0.2) is 11.0 Å². The average molecular weight is 213 g/mol. The normalized spacial score (nSPS) is 13.3. The number of halogens is 1. The van der Waals surface area contributed by atoms with Crippen LogP contribution in [0.4, 0.5) is 0 Å². The van der Waals surface area contributed by atoms with Crippen LogP contribution in [0.2, 0.25) is 0 Å². The molecule has 14 heavy (non-hydrogen) atoms. The fourth-order valence-electron chi connectivity index (χ4n) is 1.46. The van der Waals surface area contributed by atoms with Gasteiger partial charge in [0.2, 0.25) is 0 Å². The van der Waals surface area contributed by atoms with Crippen LogP contribution in [0.25, 0.3) is 0 Å². The highest BCUT2D eigenvalue weighted by atomic mass is 35.5. The lowest BCUT2D eigenvalue weighted by atomic mass is 9.96. The van der Waals surface area contributed by atoms with Gasteiger partial charge < -0.3 is 5.11 Å². The Hall–Kier alpha value is -0.530. The van der Waals surface area contributed by atoms with E-state index < -0.39 is 6.10 Å². The average Bonchev–Trinajstić information content (AvgIpc) is 2.17. The van der Waals surface area contributed by atoms with E-state index in [1.54, 1.807) is 0 Å². The van der Waals surface area contributed by atoms with E-state index in [2.05, 4.69) is 19.9 Å². The quantitative estimate of drug-likeness (QED) is 0.762.